The molecule has 0 bridgehead atoms. The summed E-state index contributed by atoms with van der Waals surface area (Å²) in [5.41, 5.74) is 0. The highest BCUT2D eigenvalue weighted by molar-refractivity contribution is 7.72. The molecule has 0 aliphatic carbocycles. The van der Waals surface area contributed by atoms with Gasteiger partial charge in [-0.05, 0) is 0 Å². The number of nitrogens with zero attached hydrogens (tertiary/aromatic N) is 2. The fraction of sp³-hybridized carbons (Fsp3) is 0.500. The molecule has 0 saturated heterocycles. The fourth-order valence-corrected chi connectivity index (χ4v) is 3.43. The van der Waals surface area contributed by atoms with E-state index in [4.69, 9.17) is 24.7 Å². The van der Waals surface area contributed by atoms with Crippen molar-refractivity contribution in [1.29, 1.82) is 0 Å². The summed E-state index contributed by atoms with van der Waals surface area (Å²) in [5, 5.41) is 14.6. The predicted octanol–water partition coefficient (Wildman–Crippen LogP) is -1.50. The molecule has 1 aromatic heterocycles. The summed E-state index contributed by atoms with van der Waals surface area (Å²) < 4.78 is 24.2. The van der Waals surface area contributed by atoms with Gasteiger partial charge in [0.2, 0.25) is 6.33 Å². The molecule has 21 heavy (non-hydrogen) atoms. The lowest BCUT2D eigenvalue weighted by Crippen LogP contribution is -2.37. The van der Waals surface area contributed by atoms with Crippen LogP contribution in [0.1, 0.15) is 7.43 Å². The van der Waals surface area contributed by atoms with E-state index in [1.807, 2.05) is 0 Å². The van der Waals surface area contributed by atoms with Gasteiger partial charge in [-0.25, -0.2) is 13.9 Å². The Bertz CT molecular complexity index is 579. The lowest BCUT2D eigenvalue weighted by Gasteiger charge is -2.27. The van der Waals surface area contributed by atoms with Gasteiger partial charge in [0.15, 0.2) is 6.54 Å². The van der Waals surface area contributed by atoms with E-state index in [0.717, 1.165) is 21.7 Å². The largest absolute Gasteiger partial charge is 0.478 e. The van der Waals surface area contributed by atoms with Crippen LogP contribution in [-0.2, 0) is 27.0 Å². The highest BCUT2D eigenvalue weighted by atomic mass is 31.2. The van der Waals surface area contributed by atoms with E-state index in [1.165, 1.54) is 6.20 Å². The number of carboxylic acid groups (broad SMARTS) is 1. The van der Waals surface area contributed by atoms with Gasteiger partial charge in [0, 0.05) is 0 Å². The van der Waals surface area contributed by atoms with Crippen LogP contribution in [0, 0.1) is 0 Å². The second-order valence-electron chi connectivity index (χ2n) is 4.01. The van der Waals surface area contributed by atoms with E-state index in [1.54, 1.807) is 0 Å². The van der Waals surface area contributed by atoms with Crippen LogP contribution in [0.25, 0.3) is 0 Å². The second-order valence-corrected chi connectivity index (χ2v) is 8.02. The molecule has 0 aromatic carbocycles. The number of aliphatic carboxylic acids is 1. The molecule has 0 aliphatic heterocycles. The van der Waals surface area contributed by atoms with Crippen LogP contribution in [0.15, 0.2) is 18.7 Å². The van der Waals surface area contributed by atoms with Crippen molar-refractivity contribution in [3.63, 3.8) is 0 Å². The van der Waals surface area contributed by atoms with Gasteiger partial charge in [-0.15, -0.1) is 0 Å². The van der Waals surface area contributed by atoms with Gasteiger partial charge in [0.05, 0.1) is 0 Å². The number of aromatic nitrogens is 2. The van der Waals surface area contributed by atoms with Crippen molar-refractivity contribution < 1.29 is 48.3 Å². The van der Waals surface area contributed by atoms with Gasteiger partial charge in [-0.2, -0.15) is 0 Å². The maximum Gasteiger partial charge on any atom is 0.373 e. The van der Waals surface area contributed by atoms with Gasteiger partial charge < -0.3 is 29.8 Å². The molecule has 6 N–H and O–H groups in total. The first-order valence-electron chi connectivity index (χ1n) is 4.97. The van der Waals surface area contributed by atoms with E-state index in [2.05, 4.69) is 0 Å². The predicted molar refractivity (Wildman–Crippen MR) is 68.0 cm³/mol. The summed E-state index contributed by atoms with van der Waals surface area (Å²) in [5.74, 6) is -1.19. The van der Waals surface area contributed by atoms with Crippen molar-refractivity contribution in [3.05, 3.63) is 18.7 Å². The van der Waals surface area contributed by atoms with Gasteiger partial charge in [-0.1, -0.05) is 7.43 Å². The van der Waals surface area contributed by atoms with Crippen LogP contribution < -0.4 is 4.57 Å². The summed E-state index contributed by atoms with van der Waals surface area (Å²) in [7, 11) is -11.1. The Morgan fingerprint density at radius 3 is 2.05 bits per heavy atom. The van der Waals surface area contributed by atoms with Crippen LogP contribution >= 0.6 is 15.2 Å². The first kappa shape index (κ1) is 19.9. The first-order chi connectivity index (χ1) is 8.87. The number of imidazole rings is 1. The van der Waals surface area contributed by atoms with Gasteiger partial charge >= 0.3 is 26.2 Å². The molecule has 0 spiro atoms. The summed E-state index contributed by atoms with van der Waals surface area (Å²) in [6.07, 6.45) is 3.34. The molecule has 0 saturated carbocycles. The van der Waals surface area contributed by atoms with Gasteiger partial charge in [0.1, 0.15) is 18.9 Å². The van der Waals surface area contributed by atoms with Crippen LogP contribution in [-0.4, -0.2) is 45.4 Å². The van der Waals surface area contributed by atoms with E-state index >= 15 is 0 Å². The molecule has 122 valence electrons. The first-order valence-corrected chi connectivity index (χ1v) is 8.19. The van der Waals surface area contributed by atoms with Crippen molar-refractivity contribution in [2.45, 2.75) is 25.6 Å². The number of carboxylic acids is 1. The van der Waals surface area contributed by atoms with Crippen LogP contribution in [0.3, 0.4) is 0 Å². The monoisotopic (exact) mass is 347 g/mol. The standard InChI is InChI=1S/C7H12N2O9P2.CH4/c10-6(11)3-8-1-2-9(5-8)4-7(12,19(13,14)15)20(16,17)18;/h1-2,5,12H,3-4H2,(H4-,10,11,13,14,15,16,17,18);1H4/p+1. The van der Waals surface area contributed by atoms with Crippen molar-refractivity contribution in [2.24, 2.45) is 0 Å². The van der Waals surface area contributed by atoms with Crippen LogP contribution in [0.5, 0.6) is 0 Å². The Kier molecular flexibility index (Phi) is 6.05. The normalized spacial score (nSPS) is 12.8. The van der Waals surface area contributed by atoms with Crippen molar-refractivity contribution >= 4 is 21.2 Å². The summed E-state index contributed by atoms with van der Waals surface area (Å²) in [6, 6.07) is 0. The number of hydrogen-bond donors (Lipinski definition) is 6. The van der Waals surface area contributed by atoms with Crippen LogP contribution in [0.2, 0.25) is 0 Å². The number of aliphatic hydroxyl groups is 1. The van der Waals surface area contributed by atoms with Crippen molar-refractivity contribution in [2.75, 3.05) is 0 Å². The topological polar surface area (TPSA) is 181 Å². The smallest absolute Gasteiger partial charge is 0.373 e. The van der Waals surface area contributed by atoms with E-state index in [9.17, 15) is 19.0 Å². The van der Waals surface area contributed by atoms with Gasteiger partial charge in [-0.3, -0.25) is 9.13 Å². The summed E-state index contributed by atoms with van der Waals surface area (Å²) >= 11 is 0. The highest BCUT2D eigenvalue weighted by Crippen LogP contribution is 2.67. The molecule has 11 nitrogen and oxygen atoms in total. The summed E-state index contributed by atoms with van der Waals surface area (Å²) in [4.78, 5) is 46.2. The Morgan fingerprint density at radius 1 is 1.19 bits per heavy atom. The maximum absolute atomic E-state index is 11.1. The molecule has 0 aliphatic rings. The Labute approximate surface area is 119 Å². The van der Waals surface area contributed by atoms with Crippen molar-refractivity contribution in [3.8, 4) is 0 Å². The molecule has 0 radical (unpaired) electrons. The lowest BCUT2D eigenvalue weighted by atomic mass is 10.6. The lowest BCUT2D eigenvalue weighted by molar-refractivity contribution is -0.685. The highest BCUT2D eigenvalue weighted by Gasteiger charge is 2.61. The third-order valence-electron chi connectivity index (χ3n) is 2.39. The Balaban J connectivity index is 0.00000400. The minimum atomic E-state index is -5.55. The second kappa shape index (κ2) is 6.37. The van der Waals surface area contributed by atoms with Crippen molar-refractivity contribution in [1.82, 2.24) is 4.57 Å². The third-order valence-corrected chi connectivity index (χ3v) is 6.10. The molecule has 1 aromatic rings. The molecule has 0 atom stereocenters. The molecule has 0 fully saturated rings. The molecule has 1 rings (SSSR count). The minimum absolute atomic E-state index is 0. The number of carbonyl (C=O) groups is 1. The zero-order chi connectivity index (χ0) is 15.8. The molecule has 0 unspecified atom stereocenters. The number of rotatable bonds is 6. The summed E-state index contributed by atoms with van der Waals surface area (Å²) in [6.45, 7) is -1.56. The maximum atomic E-state index is 11.1. The Hall–Kier alpha value is -1.06. The number of hydrogen-bond acceptors (Lipinski definition) is 4. The van der Waals surface area contributed by atoms with E-state index < -0.39 is 39.3 Å². The molecule has 1 heterocycles. The zero-order valence-corrected chi connectivity index (χ0v) is 11.6. The Morgan fingerprint density at radius 2 is 1.67 bits per heavy atom. The SMILES string of the molecule is C.O=C(O)C[n+]1ccn(CC(O)(P(=O)(O)O)P(=O)(O)O)c1. The zero-order valence-electron chi connectivity index (χ0n) is 9.84. The fourth-order valence-electron chi connectivity index (χ4n) is 1.38. The molecule has 0 amide bonds. The quantitative estimate of drug-likeness (QED) is 0.263. The van der Waals surface area contributed by atoms with E-state index in [-0.39, 0.29) is 7.43 Å². The molecular formula is C8H17N2O9P2+. The average molecular weight is 347 g/mol. The minimum Gasteiger partial charge on any atom is -0.478 e. The van der Waals surface area contributed by atoms with Gasteiger partial charge in [0.25, 0.3) is 0 Å². The van der Waals surface area contributed by atoms with E-state index in [0.29, 0.717) is 0 Å². The average Bonchev–Trinajstić information content (AvgIpc) is 2.60. The molecule has 13 heteroatoms. The molecular weight excluding hydrogens is 330 g/mol. The van der Waals surface area contributed by atoms with Crippen LogP contribution in [0.4, 0.5) is 0 Å². The third kappa shape index (κ3) is 4.45.